The van der Waals surface area contributed by atoms with Crippen LogP contribution in [0.3, 0.4) is 0 Å². The van der Waals surface area contributed by atoms with E-state index < -0.39 is 11.3 Å². The second-order valence-electron chi connectivity index (χ2n) is 9.46. The van der Waals surface area contributed by atoms with Crippen molar-refractivity contribution in [2.75, 3.05) is 29.9 Å². The van der Waals surface area contributed by atoms with E-state index in [1.807, 2.05) is 25.1 Å². The minimum atomic E-state index is -0.613. The van der Waals surface area contributed by atoms with Crippen LogP contribution in [0.25, 0.3) is 0 Å². The molecule has 2 aliphatic heterocycles. The van der Waals surface area contributed by atoms with Gasteiger partial charge in [0.25, 0.3) is 5.91 Å². The van der Waals surface area contributed by atoms with Gasteiger partial charge in [0.1, 0.15) is 11.5 Å². The van der Waals surface area contributed by atoms with Crippen molar-refractivity contribution in [2.24, 2.45) is 5.41 Å². The number of carbonyl (C=O) groups excluding carboxylic acids is 2. The fourth-order valence-corrected chi connectivity index (χ4v) is 4.53. The molecule has 0 unspecified atom stereocenters. The number of fused-ring (bicyclic) bond motifs is 1. The van der Waals surface area contributed by atoms with Gasteiger partial charge >= 0.3 is 0 Å². The Morgan fingerprint density at radius 3 is 2.61 bits per heavy atom. The molecule has 0 radical (unpaired) electrons. The van der Waals surface area contributed by atoms with Gasteiger partial charge < -0.3 is 15.1 Å². The molecular weight excluding hydrogens is 420 g/mol. The number of piperidine rings is 1. The van der Waals surface area contributed by atoms with Crippen molar-refractivity contribution in [2.45, 2.75) is 52.6 Å². The second kappa shape index (κ2) is 9.44. The summed E-state index contributed by atoms with van der Waals surface area (Å²) < 4.78 is 0. The number of carbonyl (C=O) groups is 2. The van der Waals surface area contributed by atoms with Crippen molar-refractivity contribution in [3.05, 3.63) is 47.4 Å². The molecule has 9 heteroatoms. The number of amides is 2. The van der Waals surface area contributed by atoms with Gasteiger partial charge in [0.05, 0.1) is 0 Å². The first-order chi connectivity index (χ1) is 15.8. The van der Waals surface area contributed by atoms with Crippen LogP contribution in [0.1, 0.15) is 55.4 Å². The maximum atomic E-state index is 13.1. The molecule has 176 valence electrons. The highest BCUT2D eigenvalue weighted by Crippen LogP contribution is 2.33. The van der Waals surface area contributed by atoms with Gasteiger partial charge in [-0.25, -0.2) is 15.4 Å². The Balaban J connectivity index is 1.42. The maximum absolute atomic E-state index is 13.1. The summed E-state index contributed by atoms with van der Waals surface area (Å²) in [7, 11) is 0. The molecule has 0 bridgehead atoms. The molecule has 1 fully saturated rings. The summed E-state index contributed by atoms with van der Waals surface area (Å²) in [6.07, 6.45) is 4.07. The van der Waals surface area contributed by atoms with Gasteiger partial charge in [0.2, 0.25) is 5.91 Å². The fourth-order valence-electron chi connectivity index (χ4n) is 4.53. The quantitative estimate of drug-likeness (QED) is 0.472. The SMILES string of the molecule is CC(C)N1CCC(C)(C(=O)Nc2cc(N3CCc4nc(C(=O)NO)ccc4C3)ccn2)CC1. The third-order valence-electron chi connectivity index (χ3n) is 6.91. The Kier molecular flexibility index (Phi) is 6.62. The van der Waals surface area contributed by atoms with E-state index in [0.29, 0.717) is 24.8 Å². The van der Waals surface area contributed by atoms with Crippen molar-refractivity contribution < 1.29 is 14.8 Å². The number of hydrogen-bond donors (Lipinski definition) is 3. The van der Waals surface area contributed by atoms with Crippen LogP contribution in [0.2, 0.25) is 0 Å². The lowest BCUT2D eigenvalue weighted by Crippen LogP contribution is -2.47. The monoisotopic (exact) mass is 452 g/mol. The molecule has 3 N–H and O–H groups in total. The summed E-state index contributed by atoms with van der Waals surface area (Å²) in [5, 5.41) is 11.9. The van der Waals surface area contributed by atoms with E-state index in [9.17, 15) is 9.59 Å². The summed E-state index contributed by atoms with van der Waals surface area (Å²) in [4.78, 5) is 38.1. The molecule has 4 rings (SSSR count). The van der Waals surface area contributed by atoms with Crippen LogP contribution in [0.15, 0.2) is 30.5 Å². The highest BCUT2D eigenvalue weighted by atomic mass is 16.5. The van der Waals surface area contributed by atoms with Gasteiger partial charge in [-0.15, -0.1) is 0 Å². The Bertz CT molecular complexity index is 1030. The molecule has 1 saturated heterocycles. The summed E-state index contributed by atoms with van der Waals surface area (Å²) in [5.74, 6) is -0.0272. The lowest BCUT2D eigenvalue weighted by atomic mass is 9.79. The predicted octanol–water partition coefficient (Wildman–Crippen LogP) is 2.61. The van der Waals surface area contributed by atoms with Gasteiger partial charge in [0, 0.05) is 54.6 Å². The lowest BCUT2D eigenvalue weighted by molar-refractivity contribution is -0.127. The normalized spacial score (nSPS) is 18.0. The van der Waals surface area contributed by atoms with Crippen LogP contribution in [-0.2, 0) is 17.8 Å². The highest BCUT2D eigenvalue weighted by Gasteiger charge is 2.37. The van der Waals surface area contributed by atoms with E-state index in [1.165, 1.54) is 0 Å². The van der Waals surface area contributed by atoms with Crippen LogP contribution < -0.4 is 15.7 Å². The molecule has 2 aromatic rings. The average Bonchev–Trinajstić information content (AvgIpc) is 2.83. The number of nitrogens with one attached hydrogen (secondary N) is 2. The van der Waals surface area contributed by atoms with Crippen LogP contribution in [0, 0.1) is 5.41 Å². The molecule has 0 spiro atoms. The van der Waals surface area contributed by atoms with Gasteiger partial charge in [-0.05, 0) is 57.5 Å². The van der Waals surface area contributed by atoms with E-state index in [0.717, 1.165) is 49.4 Å². The van der Waals surface area contributed by atoms with Crippen molar-refractivity contribution in [3.8, 4) is 0 Å². The Morgan fingerprint density at radius 2 is 1.91 bits per heavy atom. The lowest BCUT2D eigenvalue weighted by Gasteiger charge is -2.40. The first-order valence-corrected chi connectivity index (χ1v) is 11.5. The van der Waals surface area contributed by atoms with Gasteiger partial charge in [-0.2, -0.15) is 0 Å². The number of likely N-dealkylation sites (tertiary alicyclic amines) is 1. The largest absolute Gasteiger partial charge is 0.367 e. The molecular formula is C24H32N6O3. The number of hydrogen-bond acceptors (Lipinski definition) is 7. The van der Waals surface area contributed by atoms with Crippen molar-refractivity contribution in [1.29, 1.82) is 0 Å². The molecule has 2 amide bonds. The average molecular weight is 453 g/mol. The van der Waals surface area contributed by atoms with Crippen LogP contribution in [-0.4, -0.2) is 57.6 Å². The molecule has 4 heterocycles. The summed E-state index contributed by atoms with van der Waals surface area (Å²) in [6, 6.07) is 7.82. The zero-order chi connectivity index (χ0) is 23.6. The summed E-state index contributed by atoms with van der Waals surface area (Å²) >= 11 is 0. The number of nitrogens with zero attached hydrogens (tertiary/aromatic N) is 4. The molecule has 0 saturated carbocycles. The highest BCUT2D eigenvalue weighted by molar-refractivity contribution is 5.94. The van der Waals surface area contributed by atoms with Crippen molar-refractivity contribution in [3.63, 3.8) is 0 Å². The van der Waals surface area contributed by atoms with E-state index in [4.69, 9.17) is 5.21 Å². The third-order valence-corrected chi connectivity index (χ3v) is 6.91. The van der Waals surface area contributed by atoms with Crippen LogP contribution in [0.5, 0.6) is 0 Å². The van der Waals surface area contributed by atoms with Crippen LogP contribution >= 0.6 is 0 Å². The summed E-state index contributed by atoms with van der Waals surface area (Å²) in [6.45, 7) is 9.66. The molecule has 0 aromatic carbocycles. The zero-order valence-corrected chi connectivity index (χ0v) is 19.5. The van der Waals surface area contributed by atoms with E-state index in [-0.39, 0.29) is 11.6 Å². The topological polar surface area (TPSA) is 111 Å². The number of hydroxylamine groups is 1. The molecule has 2 aromatic heterocycles. The van der Waals surface area contributed by atoms with Gasteiger partial charge in [0.15, 0.2) is 0 Å². The predicted molar refractivity (Wildman–Crippen MR) is 125 cm³/mol. The smallest absolute Gasteiger partial charge is 0.293 e. The number of rotatable bonds is 5. The first kappa shape index (κ1) is 23.1. The number of pyridine rings is 2. The second-order valence-corrected chi connectivity index (χ2v) is 9.46. The van der Waals surface area contributed by atoms with Crippen molar-refractivity contribution >= 4 is 23.3 Å². The molecule has 0 atom stereocenters. The minimum absolute atomic E-state index is 0.0263. The van der Waals surface area contributed by atoms with E-state index in [2.05, 4.69) is 38.9 Å². The Labute approximate surface area is 194 Å². The standard InChI is InChI=1S/C24H32N6O3/c1-16(2)29-12-8-24(3,9-13-29)23(32)27-21-14-18(6-10-25-21)30-11-7-19-17(15-30)4-5-20(26-19)22(31)28-33/h4-6,10,14,16,33H,7-9,11-13,15H2,1-3H3,(H,28,31)(H,25,27,32). The van der Waals surface area contributed by atoms with Crippen LogP contribution in [0.4, 0.5) is 11.5 Å². The third kappa shape index (κ3) is 4.99. The van der Waals surface area contributed by atoms with E-state index in [1.54, 1.807) is 17.7 Å². The Morgan fingerprint density at radius 1 is 1.15 bits per heavy atom. The molecule has 0 aliphatic carbocycles. The van der Waals surface area contributed by atoms with Gasteiger partial charge in [-0.1, -0.05) is 13.0 Å². The number of anilines is 2. The van der Waals surface area contributed by atoms with Crippen molar-refractivity contribution in [1.82, 2.24) is 20.3 Å². The van der Waals surface area contributed by atoms with E-state index >= 15 is 0 Å². The van der Waals surface area contributed by atoms with Gasteiger partial charge in [-0.3, -0.25) is 14.8 Å². The first-order valence-electron chi connectivity index (χ1n) is 11.5. The Hall–Kier alpha value is -3.04. The molecule has 2 aliphatic rings. The molecule has 33 heavy (non-hydrogen) atoms. The molecule has 9 nitrogen and oxygen atoms in total. The fraction of sp³-hybridized carbons (Fsp3) is 0.500. The number of aromatic nitrogens is 2. The minimum Gasteiger partial charge on any atom is -0.367 e. The zero-order valence-electron chi connectivity index (χ0n) is 19.5. The summed E-state index contributed by atoms with van der Waals surface area (Å²) in [5.41, 5.74) is 4.29. The maximum Gasteiger partial charge on any atom is 0.293 e.